The van der Waals surface area contributed by atoms with Crippen molar-refractivity contribution in [1.29, 1.82) is 0 Å². The van der Waals surface area contributed by atoms with E-state index < -0.39 is 10.0 Å². The average molecular weight is 532 g/mol. The van der Waals surface area contributed by atoms with Crippen molar-refractivity contribution >= 4 is 55.6 Å². The Kier molecular flexibility index (Phi) is 7.75. The van der Waals surface area contributed by atoms with Gasteiger partial charge in [0.15, 0.2) is 5.82 Å². The zero-order chi connectivity index (χ0) is 25.0. The Morgan fingerprint density at radius 2 is 1.89 bits per heavy atom. The smallest absolute Gasteiger partial charge is 0.272 e. The summed E-state index contributed by atoms with van der Waals surface area (Å²) >= 11 is 6.95. The van der Waals surface area contributed by atoms with Crippen LogP contribution in [0.5, 0.6) is 0 Å². The molecule has 0 aliphatic rings. The molecule has 0 spiro atoms. The highest BCUT2D eigenvalue weighted by Gasteiger charge is 2.22. The van der Waals surface area contributed by atoms with E-state index in [4.69, 9.17) is 11.6 Å². The topological polar surface area (TPSA) is 105 Å². The molecule has 0 atom stereocenters. The van der Waals surface area contributed by atoms with Crippen LogP contribution in [-0.4, -0.2) is 37.7 Å². The van der Waals surface area contributed by atoms with Crippen molar-refractivity contribution in [3.63, 3.8) is 0 Å². The summed E-state index contributed by atoms with van der Waals surface area (Å²) in [4.78, 5) is 11.8. The molecule has 2 aromatic carbocycles. The molecule has 0 unspecified atom stereocenters. The second kappa shape index (κ2) is 10.8. The molecule has 2 aromatic heterocycles. The Morgan fingerprint density at radius 3 is 2.60 bits per heavy atom. The summed E-state index contributed by atoms with van der Waals surface area (Å²) in [5, 5.41) is 11.1. The second-order valence-electron chi connectivity index (χ2n) is 7.96. The number of amides is 1. The number of benzene rings is 2. The summed E-state index contributed by atoms with van der Waals surface area (Å²) in [7, 11) is -2.11. The summed E-state index contributed by atoms with van der Waals surface area (Å²) in [5.74, 6) is 0.212. The minimum atomic E-state index is -3.83. The number of fused-ring (bicyclic) bond motifs is 1. The lowest BCUT2D eigenvalue weighted by Crippen LogP contribution is -2.31. The number of carbonyl (C=O) groups excluding carboxylic acids is 1. The van der Waals surface area contributed by atoms with E-state index in [1.165, 1.54) is 6.07 Å². The summed E-state index contributed by atoms with van der Waals surface area (Å²) < 4.78 is 31.0. The number of anilines is 1. The van der Waals surface area contributed by atoms with E-state index in [2.05, 4.69) is 20.5 Å². The van der Waals surface area contributed by atoms with Gasteiger partial charge in [-0.3, -0.25) is 14.2 Å². The summed E-state index contributed by atoms with van der Waals surface area (Å²) in [6.07, 6.45) is 0.727. The monoisotopic (exact) mass is 531 g/mol. The fraction of sp³-hybridized carbons (Fsp3) is 0.250. The van der Waals surface area contributed by atoms with Crippen LogP contribution in [0.25, 0.3) is 10.9 Å². The van der Waals surface area contributed by atoms with Gasteiger partial charge in [-0.05, 0) is 48.4 Å². The molecule has 35 heavy (non-hydrogen) atoms. The molecule has 0 saturated carbocycles. The number of hydrogen-bond donors (Lipinski definition) is 3. The van der Waals surface area contributed by atoms with Crippen LogP contribution < -0.4 is 15.4 Å². The van der Waals surface area contributed by atoms with E-state index >= 15 is 0 Å². The first-order chi connectivity index (χ1) is 16.8. The van der Waals surface area contributed by atoms with Crippen molar-refractivity contribution in [3.05, 3.63) is 75.6 Å². The molecule has 4 rings (SSSR count). The SMILES string of the molecule is CCc1cccc2c1c(NS(=O)(=O)c1ccc(Cl)s1)nn2Cc1cccc(CNC(=O)CNC)c1. The first-order valence-electron chi connectivity index (χ1n) is 11.1. The molecule has 4 aromatic rings. The van der Waals surface area contributed by atoms with Gasteiger partial charge in [0.1, 0.15) is 4.21 Å². The Balaban J connectivity index is 1.65. The fourth-order valence-corrected chi connectivity index (χ4v) is 6.33. The van der Waals surface area contributed by atoms with Crippen molar-refractivity contribution in [2.24, 2.45) is 0 Å². The van der Waals surface area contributed by atoms with Crippen LogP contribution in [0, 0.1) is 0 Å². The van der Waals surface area contributed by atoms with Gasteiger partial charge in [-0.15, -0.1) is 11.3 Å². The molecule has 0 saturated heterocycles. The van der Waals surface area contributed by atoms with Gasteiger partial charge in [0, 0.05) is 11.9 Å². The van der Waals surface area contributed by atoms with Gasteiger partial charge in [0.2, 0.25) is 5.91 Å². The number of nitrogens with zero attached hydrogens (tertiary/aromatic N) is 2. The number of rotatable bonds is 10. The highest BCUT2D eigenvalue weighted by Crippen LogP contribution is 2.32. The third kappa shape index (κ3) is 5.84. The van der Waals surface area contributed by atoms with Crippen molar-refractivity contribution in [2.45, 2.75) is 30.6 Å². The molecule has 1 amide bonds. The maximum atomic E-state index is 13.0. The molecule has 184 valence electrons. The molecule has 3 N–H and O–H groups in total. The van der Waals surface area contributed by atoms with Gasteiger partial charge < -0.3 is 10.6 Å². The van der Waals surface area contributed by atoms with Gasteiger partial charge in [0.25, 0.3) is 10.0 Å². The Labute approximate surface area is 213 Å². The third-order valence-electron chi connectivity index (χ3n) is 5.44. The van der Waals surface area contributed by atoms with Crippen LogP contribution >= 0.6 is 22.9 Å². The van der Waals surface area contributed by atoms with Gasteiger partial charge >= 0.3 is 0 Å². The van der Waals surface area contributed by atoms with E-state index in [-0.39, 0.29) is 22.5 Å². The number of aryl methyl sites for hydroxylation is 1. The minimum Gasteiger partial charge on any atom is -0.351 e. The molecule has 11 heteroatoms. The van der Waals surface area contributed by atoms with E-state index in [9.17, 15) is 13.2 Å². The first kappa shape index (κ1) is 25.2. The van der Waals surface area contributed by atoms with Gasteiger partial charge in [-0.1, -0.05) is 54.9 Å². The molecule has 2 heterocycles. The molecular formula is C24H26ClN5O3S2. The van der Waals surface area contributed by atoms with Gasteiger partial charge in [-0.25, -0.2) is 8.42 Å². The Hall–Kier alpha value is -2.92. The first-order valence-corrected chi connectivity index (χ1v) is 13.7. The van der Waals surface area contributed by atoms with Crippen LogP contribution in [0.3, 0.4) is 0 Å². The highest BCUT2D eigenvalue weighted by molar-refractivity contribution is 7.94. The lowest BCUT2D eigenvalue weighted by molar-refractivity contribution is -0.120. The maximum absolute atomic E-state index is 13.0. The number of halogens is 1. The highest BCUT2D eigenvalue weighted by atomic mass is 35.5. The standard InChI is InChI=1S/C24H26ClN5O3S2/c1-3-18-8-5-9-19-23(18)24(29-35(32,33)22-11-10-20(25)34-22)28-30(19)15-17-7-4-6-16(12-17)13-27-21(31)14-26-2/h4-12,26H,3,13-15H2,1-2H3,(H,27,31)(H,28,29). The quantitative estimate of drug-likeness (QED) is 0.287. The van der Waals surface area contributed by atoms with Gasteiger partial charge in [-0.2, -0.15) is 5.10 Å². The zero-order valence-electron chi connectivity index (χ0n) is 19.3. The predicted molar refractivity (Wildman–Crippen MR) is 141 cm³/mol. The number of likely N-dealkylation sites (N-methyl/N-ethyl adjacent to an activating group) is 1. The fourth-order valence-electron chi connectivity index (χ4n) is 3.84. The van der Waals surface area contributed by atoms with E-state index in [1.807, 2.05) is 49.4 Å². The zero-order valence-corrected chi connectivity index (χ0v) is 21.7. The Morgan fingerprint density at radius 1 is 1.11 bits per heavy atom. The largest absolute Gasteiger partial charge is 0.351 e. The number of hydrogen-bond acceptors (Lipinski definition) is 6. The number of aromatic nitrogens is 2. The molecule has 0 fully saturated rings. The van der Waals surface area contributed by atoms with Gasteiger partial charge in [0.05, 0.1) is 22.9 Å². The molecule has 0 radical (unpaired) electrons. The maximum Gasteiger partial charge on any atom is 0.272 e. The number of carbonyl (C=O) groups is 1. The van der Waals surface area contributed by atoms with Crippen molar-refractivity contribution in [3.8, 4) is 0 Å². The molecular weight excluding hydrogens is 506 g/mol. The summed E-state index contributed by atoms with van der Waals surface area (Å²) in [5.41, 5.74) is 3.78. The van der Waals surface area contributed by atoms with Crippen LogP contribution in [0.15, 0.2) is 58.8 Å². The van der Waals surface area contributed by atoms with E-state index in [1.54, 1.807) is 17.8 Å². The van der Waals surface area contributed by atoms with Crippen LogP contribution in [0.1, 0.15) is 23.6 Å². The second-order valence-corrected chi connectivity index (χ2v) is 11.6. The molecule has 0 aliphatic carbocycles. The van der Waals surface area contributed by atoms with Crippen LogP contribution in [0.4, 0.5) is 5.82 Å². The minimum absolute atomic E-state index is 0.0768. The summed E-state index contributed by atoms with van der Waals surface area (Å²) in [6.45, 7) is 3.14. The predicted octanol–water partition coefficient (Wildman–Crippen LogP) is 4.00. The molecule has 0 aliphatic heterocycles. The van der Waals surface area contributed by atoms with Crippen molar-refractivity contribution in [2.75, 3.05) is 18.3 Å². The normalized spacial score (nSPS) is 11.6. The number of sulfonamides is 1. The van der Waals surface area contributed by atoms with E-state index in [0.29, 0.717) is 17.4 Å². The number of nitrogens with one attached hydrogen (secondary N) is 3. The van der Waals surface area contributed by atoms with Crippen LogP contribution in [-0.2, 0) is 34.3 Å². The average Bonchev–Trinajstić information content (AvgIpc) is 3.42. The lowest BCUT2D eigenvalue weighted by atomic mass is 10.1. The Bertz CT molecular complexity index is 1460. The lowest BCUT2D eigenvalue weighted by Gasteiger charge is -2.08. The van der Waals surface area contributed by atoms with Crippen LogP contribution in [0.2, 0.25) is 4.34 Å². The number of thiophene rings is 1. The molecule has 8 nitrogen and oxygen atoms in total. The molecule has 0 bridgehead atoms. The van der Waals surface area contributed by atoms with Crippen molar-refractivity contribution in [1.82, 2.24) is 20.4 Å². The third-order valence-corrected chi connectivity index (χ3v) is 8.50. The van der Waals surface area contributed by atoms with E-state index in [0.717, 1.165) is 45.4 Å². The summed E-state index contributed by atoms with van der Waals surface area (Å²) in [6, 6.07) is 16.8. The van der Waals surface area contributed by atoms with Crippen molar-refractivity contribution < 1.29 is 13.2 Å².